The SMILES string of the molecule is CCC(NC(=O)c1nc(-c2ccc3ncccc3c2)c(-c2ccccc2)nc1N)c1ccccn1. The zero-order chi connectivity index (χ0) is 24.2. The first-order valence-electron chi connectivity index (χ1n) is 11.4. The van der Waals surface area contributed by atoms with Crippen LogP contribution in [0, 0.1) is 0 Å². The van der Waals surface area contributed by atoms with Gasteiger partial charge in [-0.3, -0.25) is 14.8 Å². The van der Waals surface area contributed by atoms with Crippen LogP contribution >= 0.6 is 0 Å². The number of carbonyl (C=O) groups excluding carboxylic acids is 1. The number of fused-ring (bicyclic) bond motifs is 1. The van der Waals surface area contributed by atoms with E-state index in [2.05, 4.69) is 20.3 Å². The lowest BCUT2D eigenvalue weighted by molar-refractivity contribution is 0.0930. The second-order valence-electron chi connectivity index (χ2n) is 8.12. The van der Waals surface area contributed by atoms with Crippen molar-refractivity contribution >= 4 is 22.6 Å². The maximum absolute atomic E-state index is 13.3. The molecule has 172 valence electrons. The lowest BCUT2D eigenvalue weighted by Gasteiger charge is -2.18. The lowest BCUT2D eigenvalue weighted by Crippen LogP contribution is -2.30. The Labute approximate surface area is 203 Å². The van der Waals surface area contributed by atoms with Gasteiger partial charge in [0.1, 0.15) is 0 Å². The van der Waals surface area contributed by atoms with Gasteiger partial charge in [0.05, 0.1) is 28.6 Å². The van der Waals surface area contributed by atoms with Crippen LogP contribution in [0.2, 0.25) is 0 Å². The molecule has 3 heterocycles. The number of nitrogens with two attached hydrogens (primary N) is 1. The van der Waals surface area contributed by atoms with Crippen molar-refractivity contribution in [2.75, 3.05) is 5.73 Å². The molecule has 5 rings (SSSR count). The number of hydrogen-bond acceptors (Lipinski definition) is 6. The van der Waals surface area contributed by atoms with Gasteiger partial charge in [-0.1, -0.05) is 55.5 Å². The van der Waals surface area contributed by atoms with Crippen molar-refractivity contribution in [2.24, 2.45) is 0 Å². The van der Waals surface area contributed by atoms with E-state index in [9.17, 15) is 4.79 Å². The van der Waals surface area contributed by atoms with E-state index in [1.165, 1.54) is 0 Å². The quantitative estimate of drug-likeness (QED) is 0.360. The molecule has 0 aliphatic carbocycles. The normalized spacial score (nSPS) is 11.8. The monoisotopic (exact) mass is 460 g/mol. The second kappa shape index (κ2) is 9.69. The topological polar surface area (TPSA) is 107 Å². The summed E-state index contributed by atoms with van der Waals surface area (Å²) in [7, 11) is 0. The Balaban J connectivity index is 1.61. The van der Waals surface area contributed by atoms with Gasteiger partial charge >= 0.3 is 0 Å². The Hall–Kier alpha value is -4.65. The molecule has 0 radical (unpaired) electrons. The van der Waals surface area contributed by atoms with Crippen LogP contribution in [0.4, 0.5) is 5.82 Å². The third kappa shape index (κ3) is 4.56. The smallest absolute Gasteiger partial charge is 0.274 e. The van der Waals surface area contributed by atoms with E-state index in [1.54, 1.807) is 12.4 Å². The number of nitrogens with zero attached hydrogens (tertiary/aromatic N) is 4. The summed E-state index contributed by atoms with van der Waals surface area (Å²) in [6.45, 7) is 1.99. The predicted octanol–water partition coefficient (Wildman–Crippen LogP) is 5.22. The average molecular weight is 461 g/mol. The molecule has 2 aromatic carbocycles. The van der Waals surface area contributed by atoms with Gasteiger partial charge in [0, 0.05) is 28.9 Å². The van der Waals surface area contributed by atoms with Crippen LogP contribution in [0.15, 0.2) is 91.3 Å². The highest BCUT2D eigenvalue weighted by molar-refractivity contribution is 5.98. The molecule has 0 bridgehead atoms. The number of pyridine rings is 2. The van der Waals surface area contributed by atoms with Crippen molar-refractivity contribution < 1.29 is 4.79 Å². The number of benzene rings is 2. The molecule has 7 nitrogen and oxygen atoms in total. The molecule has 0 fully saturated rings. The summed E-state index contributed by atoms with van der Waals surface area (Å²) >= 11 is 0. The van der Waals surface area contributed by atoms with Crippen molar-refractivity contribution in [2.45, 2.75) is 19.4 Å². The molecule has 0 spiro atoms. The zero-order valence-corrected chi connectivity index (χ0v) is 19.2. The van der Waals surface area contributed by atoms with Crippen LogP contribution in [0.25, 0.3) is 33.4 Å². The van der Waals surface area contributed by atoms with Crippen molar-refractivity contribution in [1.29, 1.82) is 0 Å². The molecule has 3 N–H and O–H groups in total. The van der Waals surface area contributed by atoms with Crippen LogP contribution in [0.5, 0.6) is 0 Å². The molecule has 1 unspecified atom stereocenters. The Morgan fingerprint density at radius 1 is 0.857 bits per heavy atom. The highest BCUT2D eigenvalue weighted by atomic mass is 16.2. The molecule has 0 saturated heterocycles. The van der Waals surface area contributed by atoms with Crippen molar-refractivity contribution in [3.8, 4) is 22.5 Å². The van der Waals surface area contributed by atoms with Crippen LogP contribution in [-0.4, -0.2) is 25.8 Å². The largest absolute Gasteiger partial charge is 0.382 e. The standard InChI is InChI=1S/C28H24N6O/c1-2-21(23-12-6-7-15-31-23)32-28(35)26-27(29)34-24(18-9-4-3-5-10-18)25(33-26)20-13-14-22-19(17-20)11-8-16-30-22/h3-17,21H,2H2,1H3,(H2,29,34)(H,32,35). The van der Waals surface area contributed by atoms with Gasteiger partial charge in [0.15, 0.2) is 11.5 Å². The molecule has 0 aliphatic heterocycles. The summed E-state index contributed by atoms with van der Waals surface area (Å²) in [6, 6.07) is 24.8. The van der Waals surface area contributed by atoms with Crippen LogP contribution < -0.4 is 11.1 Å². The van der Waals surface area contributed by atoms with E-state index in [0.717, 1.165) is 27.7 Å². The fraction of sp³-hybridized carbons (Fsp3) is 0.107. The molecule has 0 saturated carbocycles. The molecule has 1 atom stereocenters. The number of aromatic nitrogens is 4. The number of hydrogen-bond donors (Lipinski definition) is 2. The van der Waals surface area contributed by atoms with Gasteiger partial charge in [-0.05, 0) is 36.8 Å². The highest BCUT2D eigenvalue weighted by Gasteiger charge is 2.22. The number of carbonyl (C=O) groups is 1. The summed E-state index contributed by atoms with van der Waals surface area (Å²) in [5, 5.41) is 3.98. The number of nitrogens with one attached hydrogen (secondary N) is 1. The highest BCUT2D eigenvalue weighted by Crippen LogP contribution is 2.32. The van der Waals surface area contributed by atoms with Gasteiger partial charge in [-0.15, -0.1) is 0 Å². The number of amides is 1. The predicted molar refractivity (Wildman–Crippen MR) is 137 cm³/mol. The Kier molecular flexibility index (Phi) is 6.13. The Morgan fingerprint density at radius 3 is 2.40 bits per heavy atom. The minimum Gasteiger partial charge on any atom is -0.382 e. The molecule has 1 amide bonds. The van der Waals surface area contributed by atoms with Crippen LogP contribution in [-0.2, 0) is 0 Å². The minimum atomic E-state index is -0.393. The maximum Gasteiger partial charge on any atom is 0.274 e. The fourth-order valence-electron chi connectivity index (χ4n) is 4.03. The third-order valence-corrected chi connectivity index (χ3v) is 5.82. The van der Waals surface area contributed by atoms with Crippen molar-refractivity contribution in [1.82, 2.24) is 25.3 Å². The molecule has 5 aromatic rings. The van der Waals surface area contributed by atoms with Crippen LogP contribution in [0.1, 0.15) is 35.6 Å². The third-order valence-electron chi connectivity index (χ3n) is 5.82. The minimum absolute atomic E-state index is 0.0726. The van der Waals surface area contributed by atoms with E-state index in [1.807, 2.05) is 85.8 Å². The van der Waals surface area contributed by atoms with Gasteiger partial charge in [0.25, 0.3) is 5.91 Å². The average Bonchev–Trinajstić information content (AvgIpc) is 2.92. The first-order chi connectivity index (χ1) is 17.1. The van der Waals surface area contributed by atoms with Crippen LogP contribution in [0.3, 0.4) is 0 Å². The molecule has 35 heavy (non-hydrogen) atoms. The molecule has 3 aromatic heterocycles. The summed E-state index contributed by atoms with van der Waals surface area (Å²) < 4.78 is 0. The first kappa shape index (κ1) is 22.2. The van der Waals surface area contributed by atoms with E-state index in [-0.39, 0.29) is 17.6 Å². The van der Waals surface area contributed by atoms with E-state index in [4.69, 9.17) is 10.7 Å². The molecule has 7 heteroatoms. The van der Waals surface area contributed by atoms with Crippen molar-refractivity contribution in [3.05, 3.63) is 103 Å². The summed E-state index contributed by atoms with van der Waals surface area (Å²) in [5.74, 6) is -0.320. The fourth-order valence-corrected chi connectivity index (χ4v) is 4.03. The number of nitrogen functional groups attached to an aromatic ring is 1. The van der Waals surface area contributed by atoms with Gasteiger partial charge in [0.2, 0.25) is 0 Å². The Bertz CT molecular complexity index is 1490. The summed E-state index contributed by atoms with van der Waals surface area (Å²) in [5.41, 5.74) is 10.9. The van der Waals surface area contributed by atoms with E-state index < -0.39 is 5.91 Å². The lowest BCUT2D eigenvalue weighted by atomic mass is 10.0. The molecular weight excluding hydrogens is 436 g/mol. The van der Waals surface area contributed by atoms with Gasteiger partial charge in [-0.25, -0.2) is 9.97 Å². The van der Waals surface area contributed by atoms with Gasteiger partial charge < -0.3 is 11.1 Å². The maximum atomic E-state index is 13.3. The number of anilines is 1. The molecule has 0 aliphatic rings. The molecular formula is C28H24N6O. The summed E-state index contributed by atoms with van der Waals surface area (Å²) in [4.78, 5) is 31.5. The van der Waals surface area contributed by atoms with E-state index in [0.29, 0.717) is 17.8 Å². The van der Waals surface area contributed by atoms with E-state index >= 15 is 0 Å². The van der Waals surface area contributed by atoms with Gasteiger partial charge in [-0.2, -0.15) is 0 Å². The Morgan fingerprint density at radius 2 is 1.63 bits per heavy atom. The van der Waals surface area contributed by atoms with Crippen molar-refractivity contribution in [3.63, 3.8) is 0 Å². The number of rotatable bonds is 6. The summed E-state index contributed by atoms with van der Waals surface area (Å²) in [6.07, 6.45) is 4.14. The first-order valence-corrected chi connectivity index (χ1v) is 11.4. The zero-order valence-electron chi connectivity index (χ0n) is 19.2. The second-order valence-corrected chi connectivity index (χ2v) is 8.12.